The molecule has 1 aliphatic rings. The normalized spacial score (nSPS) is 19.9. The van der Waals surface area contributed by atoms with Crippen molar-refractivity contribution in [2.45, 2.75) is 24.6 Å². The first kappa shape index (κ1) is 11.3. The average molecular weight is 242 g/mol. The van der Waals surface area contributed by atoms with Crippen molar-refractivity contribution in [1.29, 1.82) is 0 Å². The summed E-state index contributed by atoms with van der Waals surface area (Å²) in [6.07, 6.45) is 5.64. The van der Waals surface area contributed by atoms with Gasteiger partial charge in [-0.25, -0.2) is 0 Å². The van der Waals surface area contributed by atoms with Crippen molar-refractivity contribution in [2.24, 2.45) is 0 Å². The van der Waals surface area contributed by atoms with Gasteiger partial charge >= 0.3 is 5.97 Å². The van der Waals surface area contributed by atoms with E-state index in [2.05, 4.69) is 5.10 Å². The van der Waals surface area contributed by atoms with Gasteiger partial charge in [0.05, 0.1) is 12.4 Å². The van der Waals surface area contributed by atoms with Crippen molar-refractivity contribution in [2.75, 3.05) is 12.4 Å². The number of aromatic nitrogens is 2. The molecule has 1 atom stereocenters. The van der Waals surface area contributed by atoms with Crippen molar-refractivity contribution in [1.82, 2.24) is 9.78 Å². The van der Waals surface area contributed by atoms with Crippen LogP contribution in [0.4, 0.5) is 0 Å². The highest BCUT2D eigenvalue weighted by atomic mass is 32.2. The van der Waals surface area contributed by atoms with Gasteiger partial charge in [-0.05, 0) is 18.6 Å². The Bertz CT molecular complexity index is 361. The number of hydrogen-bond acceptors (Lipinski definition) is 4. The first-order valence-electron chi connectivity index (χ1n) is 5.22. The molecule has 0 bridgehead atoms. The number of nitrogens with zero attached hydrogens (tertiary/aromatic N) is 2. The molecule has 0 spiro atoms. The van der Waals surface area contributed by atoms with Crippen LogP contribution in [-0.4, -0.2) is 38.5 Å². The number of carbonyl (C=O) groups is 1. The predicted molar refractivity (Wildman–Crippen MR) is 60.8 cm³/mol. The minimum Gasteiger partial charge on any atom is -0.489 e. The lowest BCUT2D eigenvalue weighted by Crippen LogP contribution is -2.11. The van der Waals surface area contributed by atoms with E-state index >= 15 is 0 Å². The van der Waals surface area contributed by atoms with Crippen LogP contribution in [0.15, 0.2) is 12.4 Å². The number of rotatable bonds is 5. The molecule has 5 nitrogen and oxygen atoms in total. The number of thioether (sulfide) groups is 1. The molecular formula is C10H14N2O3S. The van der Waals surface area contributed by atoms with E-state index in [1.165, 1.54) is 23.3 Å². The Hall–Kier alpha value is -1.17. The largest absolute Gasteiger partial charge is 0.489 e. The smallest absolute Gasteiger partial charge is 0.325 e. The molecule has 1 unspecified atom stereocenters. The van der Waals surface area contributed by atoms with E-state index in [1.807, 2.05) is 11.8 Å². The van der Waals surface area contributed by atoms with Crippen molar-refractivity contribution in [3.63, 3.8) is 0 Å². The molecule has 0 aliphatic carbocycles. The van der Waals surface area contributed by atoms with E-state index in [-0.39, 0.29) is 6.54 Å². The maximum Gasteiger partial charge on any atom is 0.325 e. The van der Waals surface area contributed by atoms with Crippen LogP contribution in [0, 0.1) is 0 Å². The number of carboxylic acids is 1. The molecule has 88 valence electrons. The summed E-state index contributed by atoms with van der Waals surface area (Å²) in [5.41, 5.74) is 0. The number of aliphatic carboxylic acids is 1. The summed E-state index contributed by atoms with van der Waals surface area (Å²) in [6.45, 7) is 0.560. The predicted octanol–water partition coefficient (Wildman–Crippen LogP) is 1.24. The van der Waals surface area contributed by atoms with Gasteiger partial charge in [-0.15, -0.1) is 0 Å². The minimum atomic E-state index is -0.902. The zero-order valence-corrected chi connectivity index (χ0v) is 9.65. The second-order valence-corrected chi connectivity index (χ2v) is 5.12. The summed E-state index contributed by atoms with van der Waals surface area (Å²) in [6, 6.07) is 0. The van der Waals surface area contributed by atoms with Crippen LogP contribution in [0.2, 0.25) is 0 Å². The number of hydrogen-bond donors (Lipinski definition) is 1. The Morgan fingerprint density at radius 3 is 3.31 bits per heavy atom. The lowest BCUT2D eigenvalue weighted by Gasteiger charge is -2.08. The second kappa shape index (κ2) is 5.25. The third-order valence-electron chi connectivity index (χ3n) is 2.37. The minimum absolute atomic E-state index is 0.123. The van der Waals surface area contributed by atoms with Crippen LogP contribution in [-0.2, 0) is 11.3 Å². The molecule has 0 aromatic carbocycles. The quantitative estimate of drug-likeness (QED) is 0.841. The summed E-state index contributed by atoms with van der Waals surface area (Å²) in [5.74, 6) is 0.960. The third-order valence-corrected chi connectivity index (χ3v) is 3.73. The van der Waals surface area contributed by atoms with E-state index in [4.69, 9.17) is 9.84 Å². The molecule has 0 amide bonds. The fraction of sp³-hybridized carbons (Fsp3) is 0.600. The maximum atomic E-state index is 10.4. The van der Waals surface area contributed by atoms with E-state index in [0.29, 0.717) is 17.6 Å². The third kappa shape index (κ3) is 3.16. The summed E-state index contributed by atoms with van der Waals surface area (Å²) < 4.78 is 6.92. The number of carboxylic acid groups (broad SMARTS) is 1. The van der Waals surface area contributed by atoms with Gasteiger partial charge in [-0.3, -0.25) is 9.48 Å². The fourth-order valence-corrected chi connectivity index (χ4v) is 2.77. The van der Waals surface area contributed by atoms with E-state index in [1.54, 1.807) is 12.4 Å². The zero-order chi connectivity index (χ0) is 11.4. The summed E-state index contributed by atoms with van der Waals surface area (Å²) in [7, 11) is 0. The Kier molecular flexibility index (Phi) is 3.71. The summed E-state index contributed by atoms with van der Waals surface area (Å²) in [4.78, 5) is 10.4. The SMILES string of the molecule is O=C(O)Cn1cc(OCC2CCCS2)cn1. The van der Waals surface area contributed by atoms with Gasteiger partial charge in [0.15, 0.2) is 5.75 Å². The highest BCUT2D eigenvalue weighted by molar-refractivity contribution is 8.00. The van der Waals surface area contributed by atoms with Crippen molar-refractivity contribution < 1.29 is 14.6 Å². The Morgan fingerprint density at radius 2 is 2.62 bits per heavy atom. The van der Waals surface area contributed by atoms with E-state index < -0.39 is 5.97 Å². The van der Waals surface area contributed by atoms with Crippen LogP contribution in [0.3, 0.4) is 0 Å². The zero-order valence-electron chi connectivity index (χ0n) is 8.83. The van der Waals surface area contributed by atoms with Gasteiger partial charge < -0.3 is 9.84 Å². The van der Waals surface area contributed by atoms with Gasteiger partial charge in [0, 0.05) is 5.25 Å². The molecule has 1 aromatic rings. The molecule has 0 radical (unpaired) electrons. The topological polar surface area (TPSA) is 64.3 Å². The summed E-state index contributed by atoms with van der Waals surface area (Å²) in [5, 5.41) is 13.1. The van der Waals surface area contributed by atoms with Crippen LogP contribution in [0.25, 0.3) is 0 Å². The van der Waals surface area contributed by atoms with E-state index in [0.717, 1.165) is 0 Å². The molecule has 1 N–H and O–H groups in total. The van der Waals surface area contributed by atoms with Crippen LogP contribution in [0.5, 0.6) is 5.75 Å². The molecule has 1 aromatic heterocycles. The van der Waals surface area contributed by atoms with Gasteiger partial charge in [-0.2, -0.15) is 16.9 Å². The molecule has 16 heavy (non-hydrogen) atoms. The van der Waals surface area contributed by atoms with Gasteiger partial charge in [0.2, 0.25) is 0 Å². The highest BCUT2D eigenvalue weighted by Crippen LogP contribution is 2.26. The summed E-state index contributed by atoms with van der Waals surface area (Å²) >= 11 is 1.93. The molecule has 2 rings (SSSR count). The monoisotopic (exact) mass is 242 g/mol. The molecule has 6 heteroatoms. The molecule has 1 aliphatic heterocycles. The van der Waals surface area contributed by atoms with Gasteiger partial charge in [0.1, 0.15) is 13.2 Å². The molecule has 1 saturated heterocycles. The molecule has 1 fully saturated rings. The molecule has 2 heterocycles. The Morgan fingerprint density at radius 1 is 1.75 bits per heavy atom. The van der Waals surface area contributed by atoms with Crippen LogP contribution < -0.4 is 4.74 Å². The Balaban J connectivity index is 1.80. The van der Waals surface area contributed by atoms with Crippen LogP contribution in [0.1, 0.15) is 12.8 Å². The highest BCUT2D eigenvalue weighted by Gasteiger charge is 2.16. The lowest BCUT2D eigenvalue weighted by atomic mass is 10.3. The van der Waals surface area contributed by atoms with Crippen molar-refractivity contribution >= 4 is 17.7 Å². The molecular weight excluding hydrogens is 228 g/mol. The van der Waals surface area contributed by atoms with Crippen LogP contribution >= 0.6 is 11.8 Å². The fourth-order valence-electron chi connectivity index (χ4n) is 1.61. The standard InChI is InChI=1S/C10H14N2O3S/c13-10(14)6-12-5-8(4-11-12)15-7-9-2-1-3-16-9/h4-5,9H,1-3,6-7H2,(H,13,14). The van der Waals surface area contributed by atoms with E-state index in [9.17, 15) is 4.79 Å². The number of ether oxygens (including phenoxy) is 1. The lowest BCUT2D eigenvalue weighted by molar-refractivity contribution is -0.137. The van der Waals surface area contributed by atoms with Crippen molar-refractivity contribution in [3.05, 3.63) is 12.4 Å². The molecule has 0 saturated carbocycles. The van der Waals surface area contributed by atoms with Crippen molar-refractivity contribution in [3.8, 4) is 5.75 Å². The first-order valence-corrected chi connectivity index (χ1v) is 6.27. The average Bonchev–Trinajstić information content (AvgIpc) is 2.84. The second-order valence-electron chi connectivity index (χ2n) is 3.71. The Labute approximate surface area is 97.8 Å². The first-order chi connectivity index (χ1) is 7.74. The maximum absolute atomic E-state index is 10.4. The van der Waals surface area contributed by atoms with Gasteiger partial charge in [-0.1, -0.05) is 0 Å². The van der Waals surface area contributed by atoms with Gasteiger partial charge in [0.25, 0.3) is 0 Å².